The molecule has 2 nitrogen and oxygen atoms in total. The first kappa shape index (κ1) is 15.3. The summed E-state index contributed by atoms with van der Waals surface area (Å²) in [6.07, 6.45) is 5.51. The Labute approximate surface area is 118 Å². The van der Waals surface area contributed by atoms with Gasteiger partial charge in [-0.3, -0.25) is 0 Å². The van der Waals surface area contributed by atoms with E-state index in [4.69, 9.17) is 4.74 Å². The summed E-state index contributed by atoms with van der Waals surface area (Å²) in [6.45, 7) is 13.2. The second-order valence-electron chi connectivity index (χ2n) is 8.31. The van der Waals surface area contributed by atoms with E-state index in [-0.39, 0.29) is 17.1 Å². The van der Waals surface area contributed by atoms with E-state index in [0.29, 0.717) is 11.8 Å². The van der Waals surface area contributed by atoms with Crippen molar-refractivity contribution < 1.29 is 9.84 Å². The van der Waals surface area contributed by atoms with Crippen molar-refractivity contribution in [1.82, 2.24) is 0 Å². The molecule has 0 radical (unpaired) electrons. The maximum Gasteiger partial charge on any atom is 0.0734 e. The fourth-order valence-electron chi connectivity index (χ4n) is 4.89. The Balaban J connectivity index is 2.31. The van der Waals surface area contributed by atoms with Gasteiger partial charge in [0.15, 0.2) is 0 Å². The number of hydrogen-bond acceptors (Lipinski definition) is 2. The molecular weight excluding hydrogens is 236 g/mol. The number of aliphatic hydroxyl groups is 1. The van der Waals surface area contributed by atoms with E-state index in [2.05, 4.69) is 41.5 Å². The summed E-state index contributed by atoms with van der Waals surface area (Å²) in [5, 5.41) is 11.5. The van der Waals surface area contributed by atoms with Crippen LogP contribution < -0.4 is 0 Å². The summed E-state index contributed by atoms with van der Waals surface area (Å²) < 4.78 is 6.24. The molecule has 2 heteroatoms. The van der Waals surface area contributed by atoms with Crippen molar-refractivity contribution in [3.63, 3.8) is 0 Å². The quantitative estimate of drug-likeness (QED) is 0.815. The van der Waals surface area contributed by atoms with E-state index in [1.807, 2.05) is 0 Å². The van der Waals surface area contributed by atoms with Crippen LogP contribution in [0.15, 0.2) is 0 Å². The molecule has 2 fully saturated rings. The van der Waals surface area contributed by atoms with Crippen molar-refractivity contribution in [2.75, 3.05) is 0 Å². The van der Waals surface area contributed by atoms with E-state index in [1.54, 1.807) is 0 Å². The zero-order valence-electron chi connectivity index (χ0n) is 13.6. The summed E-state index contributed by atoms with van der Waals surface area (Å²) in [7, 11) is 0. The maximum absolute atomic E-state index is 11.5. The topological polar surface area (TPSA) is 29.5 Å². The Morgan fingerprint density at radius 2 is 1.74 bits per heavy atom. The molecule has 2 aliphatic rings. The fourth-order valence-corrected chi connectivity index (χ4v) is 4.89. The molecule has 0 aromatic rings. The second kappa shape index (κ2) is 4.73. The molecule has 19 heavy (non-hydrogen) atoms. The van der Waals surface area contributed by atoms with Crippen LogP contribution in [-0.4, -0.2) is 21.9 Å². The van der Waals surface area contributed by atoms with Crippen molar-refractivity contribution in [2.45, 2.75) is 90.4 Å². The number of hydrogen-bond donors (Lipinski definition) is 1. The second-order valence-corrected chi connectivity index (χ2v) is 8.31. The molecule has 1 aliphatic heterocycles. The summed E-state index contributed by atoms with van der Waals surface area (Å²) in [6, 6.07) is 0. The average Bonchev–Trinajstić information content (AvgIpc) is 2.47. The molecule has 0 amide bonds. The summed E-state index contributed by atoms with van der Waals surface area (Å²) in [5.41, 5.74) is -0.866. The van der Waals surface area contributed by atoms with Gasteiger partial charge in [-0.15, -0.1) is 0 Å². The van der Waals surface area contributed by atoms with Gasteiger partial charge in [0.1, 0.15) is 0 Å². The molecule has 0 bridgehead atoms. The van der Waals surface area contributed by atoms with E-state index < -0.39 is 5.60 Å². The van der Waals surface area contributed by atoms with Gasteiger partial charge in [-0.25, -0.2) is 0 Å². The minimum absolute atomic E-state index is 0.108. The van der Waals surface area contributed by atoms with Crippen LogP contribution in [0.3, 0.4) is 0 Å². The van der Waals surface area contributed by atoms with Crippen molar-refractivity contribution in [1.29, 1.82) is 0 Å². The van der Waals surface area contributed by atoms with Crippen molar-refractivity contribution in [3.05, 3.63) is 0 Å². The van der Waals surface area contributed by atoms with Crippen LogP contribution >= 0.6 is 0 Å². The summed E-state index contributed by atoms with van der Waals surface area (Å²) >= 11 is 0. The highest BCUT2D eigenvalue weighted by molar-refractivity contribution is 5.07. The van der Waals surface area contributed by atoms with E-state index >= 15 is 0 Å². The van der Waals surface area contributed by atoms with Crippen LogP contribution in [-0.2, 0) is 4.74 Å². The van der Waals surface area contributed by atoms with Crippen LogP contribution in [0.2, 0.25) is 0 Å². The SMILES string of the molecule is CC(C)C1CCCCC1(O)C1CC(C)(C)OC1(C)C. The van der Waals surface area contributed by atoms with Crippen molar-refractivity contribution in [2.24, 2.45) is 17.8 Å². The monoisotopic (exact) mass is 268 g/mol. The molecule has 0 aromatic heterocycles. The van der Waals surface area contributed by atoms with Gasteiger partial charge >= 0.3 is 0 Å². The Hall–Kier alpha value is -0.0800. The van der Waals surface area contributed by atoms with Crippen LogP contribution in [0.25, 0.3) is 0 Å². The zero-order chi connectivity index (χ0) is 14.5. The molecule has 2 rings (SSSR count). The van der Waals surface area contributed by atoms with Gasteiger partial charge in [0, 0.05) is 5.92 Å². The average molecular weight is 268 g/mol. The first-order valence-corrected chi connectivity index (χ1v) is 8.01. The van der Waals surface area contributed by atoms with Crippen molar-refractivity contribution in [3.8, 4) is 0 Å². The predicted octanol–water partition coefficient (Wildman–Crippen LogP) is 4.16. The summed E-state index contributed by atoms with van der Waals surface area (Å²) in [5.74, 6) is 1.22. The molecule has 1 saturated carbocycles. The highest BCUT2D eigenvalue weighted by Gasteiger charge is 2.58. The maximum atomic E-state index is 11.5. The Bertz CT molecular complexity index is 332. The normalized spacial score (nSPS) is 41.7. The van der Waals surface area contributed by atoms with Crippen LogP contribution in [0.4, 0.5) is 0 Å². The fraction of sp³-hybridized carbons (Fsp3) is 1.00. The van der Waals surface area contributed by atoms with Crippen LogP contribution in [0, 0.1) is 17.8 Å². The molecule has 0 spiro atoms. The molecular formula is C17H32O2. The Kier molecular flexibility index (Phi) is 3.81. The molecule has 1 aliphatic carbocycles. The molecule has 0 aromatic carbocycles. The lowest BCUT2D eigenvalue weighted by molar-refractivity contribution is -0.154. The first-order chi connectivity index (χ1) is 8.58. The number of ether oxygens (including phenoxy) is 1. The van der Waals surface area contributed by atoms with Gasteiger partial charge in [0.25, 0.3) is 0 Å². The standard InChI is InChI=1S/C17H32O2/c1-12(2)13-9-7-8-10-17(13,18)14-11-15(3,4)19-16(14,5)6/h12-14,18H,7-11H2,1-6H3. The van der Waals surface area contributed by atoms with E-state index in [9.17, 15) is 5.11 Å². The van der Waals surface area contributed by atoms with Crippen LogP contribution in [0.5, 0.6) is 0 Å². The zero-order valence-corrected chi connectivity index (χ0v) is 13.6. The lowest BCUT2D eigenvalue weighted by Crippen LogP contribution is -2.54. The molecule has 3 atom stereocenters. The molecule has 3 unspecified atom stereocenters. The lowest BCUT2D eigenvalue weighted by atomic mass is 9.60. The highest BCUT2D eigenvalue weighted by Crippen LogP contribution is 2.54. The van der Waals surface area contributed by atoms with Crippen LogP contribution in [0.1, 0.15) is 73.6 Å². The van der Waals surface area contributed by atoms with Gasteiger partial charge in [-0.2, -0.15) is 0 Å². The highest BCUT2D eigenvalue weighted by atomic mass is 16.5. The van der Waals surface area contributed by atoms with Gasteiger partial charge in [0.2, 0.25) is 0 Å². The Morgan fingerprint density at radius 1 is 1.11 bits per heavy atom. The molecule has 1 heterocycles. The Morgan fingerprint density at radius 3 is 2.21 bits per heavy atom. The minimum atomic E-state index is -0.538. The predicted molar refractivity (Wildman–Crippen MR) is 79.1 cm³/mol. The smallest absolute Gasteiger partial charge is 0.0734 e. The molecule has 1 N–H and O–H groups in total. The molecule has 1 saturated heterocycles. The third kappa shape index (κ3) is 2.71. The summed E-state index contributed by atoms with van der Waals surface area (Å²) in [4.78, 5) is 0. The van der Waals surface area contributed by atoms with Gasteiger partial charge in [-0.1, -0.05) is 26.7 Å². The van der Waals surface area contributed by atoms with Gasteiger partial charge in [0.05, 0.1) is 16.8 Å². The third-order valence-corrected chi connectivity index (χ3v) is 5.47. The van der Waals surface area contributed by atoms with E-state index in [1.165, 1.54) is 12.8 Å². The van der Waals surface area contributed by atoms with Gasteiger partial charge in [-0.05, 0) is 58.8 Å². The lowest BCUT2D eigenvalue weighted by Gasteiger charge is -2.49. The van der Waals surface area contributed by atoms with Crippen molar-refractivity contribution >= 4 is 0 Å². The number of rotatable bonds is 2. The van der Waals surface area contributed by atoms with Gasteiger partial charge < -0.3 is 9.84 Å². The first-order valence-electron chi connectivity index (χ1n) is 8.01. The minimum Gasteiger partial charge on any atom is -0.389 e. The third-order valence-electron chi connectivity index (χ3n) is 5.47. The molecule has 112 valence electrons. The van der Waals surface area contributed by atoms with E-state index in [0.717, 1.165) is 19.3 Å². The largest absolute Gasteiger partial charge is 0.389 e.